The summed E-state index contributed by atoms with van der Waals surface area (Å²) >= 11 is 0. The van der Waals surface area contributed by atoms with E-state index < -0.39 is 24.0 Å². The molecular formula is C28H21F6N5O2. The lowest BCUT2D eigenvalue weighted by molar-refractivity contribution is -0.274. The molecule has 5 aromatic rings. The maximum absolute atomic E-state index is 13.3. The zero-order valence-corrected chi connectivity index (χ0v) is 21.5. The van der Waals surface area contributed by atoms with Crippen LogP contribution in [0, 0.1) is 0 Å². The van der Waals surface area contributed by atoms with Gasteiger partial charge in [-0.1, -0.05) is 36.4 Å². The molecule has 0 aliphatic rings. The smallest absolute Gasteiger partial charge is 0.472 e. The molecule has 0 saturated heterocycles. The van der Waals surface area contributed by atoms with Gasteiger partial charge in [-0.25, -0.2) is 15.0 Å². The minimum atomic E-state index is -4.92. The first-order chi connectivity index (χ1) is 19.4. The zero-order chi connectivity index (χ0) is 29.4. The van der Waals surface area contributed by atoms with E-state index in [-0.39, 0.29) is 41.4 Å². The van der Waals surface area contributed by atoms with Crippen LogP contribution >= 0.6 is 0 Å². The number of alkyl halides is 6. The van der Waals surface area contributed by atoms with Crippen molar-refractivity contribution in [1.29, 1.82) is 0 Å². The molecule has 0 spiro atoms. The largest absolute Gasteiger partial charge is 0.573 e. The second-order valence-electron chi connectivity index (χ2n) is 9.21. The van der Waals surface area contributed by atoms with E-state index in [9.17, 15) is 26.3 Å². The minimum Gasteiger partial charge on any atom is -0.472 e. The maximum Gasteiger partial charge on any atom is 0.573 e. The van der Waals surface area contributed by atoms with Gasteiger partial charge in [-0.3, -0.25) is 0 Å². The molecule has 0 amide bonds. The Morgan fingerprint density at radius 2 is 1.59 bits per heavy atom. The molecule has 3 heterocycles. The van der Waals surface area contributed by atoms with Crippen LogP contribution in [0.25, 0.3) is 33.8 Å². The first-order valence-corrected chi connectivity index (χ1v) is 12.2. The highest BCUT2D eigenvalue weighted by Gasteiger charge is 2.35. The number of imidazole rings is 1. The van der Waals surface area contributed by atoms with Crippen LogP contribution in [0.5, 0.6) is 11.6 Å². The highest BCUT2D eigenvalue weighted by Crippen LogP contribution is 2.35. The van der Waals surface area contributed by atoms with Crippen LogP contribution in [-0.4, -0.2) is 30.9 Å². The fraction of sp³-hybridized carbons (Fsp3) is 0.214. The van der Waals surface area contributed by atoms with Crippen LogP contribution in [0.3, 0.4) is 0 Å². The van der Waals surface area contributed by atoms with Crippen LogP contribution in [0.15, 0.2) is 73.1 Å². The number of halogens is 6. The van der Waals surface area contributed by atoms with Crippen LogP contribution in [0.4, 0.5) is 26.3 Å². The Morgan fingerprint density at radius 3 is 2.27 bits per heavy atom. The Balaban J connectivity index is 1.43. The number of hydrogen-bond acceptors (Lipinski definition) is 6. The van der Waals surface area contributed by atoms with Crippen LogP contribution in [-0.2, 0) is 12.8 Å². The van der Waals surface area contributed by atoms with Crippen molar-refractivity contribution in [3.8, 4) is 34.4 Å². The van der Waals surface area contributed by atoms with Gasteiger partial charge in [0, 0.05) is 24.0 Å². The van der Waals surface area contributed by atoms with Crippen molar-refractivity contribution in [1.82, 2.24) is 24.5 Å². The number of ether oxygens (including phenoxy) is 2. The van der Waals surface area contributed by atoms with Gasteiger partial charge in [0.15, 0.2) is 17.2 Å². The number of rotatable bonds is 7. The van der Waals surface area contributed by atoms with Crippen molar-refractivity contribution in [2.24, 2.45) is 0 Å². The topological polar surface area (TPSA) is 75.0 Å². The monoisotopic (exact) mass is 573 g/mol. The van der Waals surface area contributed by atoms with Crippen molar-refractivity contribution in [3.05, 3.63) is 84.3 Å². The summed E-state index contributed by atoms with van der Waals surface area (Å²) in [5.41, 5.74) is 0.357. The van der Waals surface area contributed by atoms with Crippen molar-refractivity contribution in [2.75, 3.05) is 0 Å². The molecule has 13 heteroatoms. The Labute approximate surface area is 229 Å². The van der Waals surface area contributed by atoms with E-state index in [2.05, 4.69) is 24.7 Å². The molecule has 3 aromatic heterocycles. The average Bonchev–Trinajstić information content (AvgIpc) is 3.38. The summed E-state index contributed by atoms with van der Waals surface area (Å²) in [6, 6.07) is 15.1. The molecule has 0 unspecified atom stereocenters. The molecule has 0 atom stereocenters. The molecular weight excluding hydrogens is 552 g/mol. The van der Waals surface area contributed by atoms with Gasteiger partial charge in [0.1, 0.15) is 18.2 Å². The third kappa shape index (κ3) is 6.23. The third-order valence-corrected chi connectivity index (χ3v) is 5.96. The second-order valence-corrected chi connectivity index (χ2v) is 9.21. The number of nitrogens with zero attached hydrogens (tertiary/aromatic N) is 5. The highest BCUT2D eigenvalue weighted by molar-refractivity contribution is 5.82. The zero-order valence-electron chi connectivity index (χ0n) is 21.5. The molecule has 0 radical (unpaired) electrons. The van der Waals surface area contributed by atoms with Gasteiger partial charge in [-0.15, -0.1) is 13.2 Å². The van der Waals surface area contributed by atoms with E-state index in [4.69, 9.17) is 4.74 Å². The van der Waals surface area contributed by atoms with Crippen molar-refractivity contribution < 1.29 is 35.8 Å². The number of benzene rings is 2. The highest BCUT2D eigenvalue weighted by atomic mass is 19.4. The summed E-state index contributed by atoms with van der Waals surface area (Å²) < 4.78 is 90.3. The van der Waals surface area contributed by atoms with E-state index >= 15 is 0 Å². The Hall–Kier alpha value is -4.68. The SMILES string of the molecule is CC(C)n1cc(C(F)(F)F)nc1-c1ccc(COc2nc(-c3ccccc3OC(F)(F)F)nc3ncccc23)cc1. The van der Waals surface area contributed by atoms with Crippen molar-refractivity contribution in [3.63, 3.8) is 0 Å². The summed E-state index contributed by atoms with van der Waals surface area (Å²) in [7, 11) is 0. The lowest BCUT2D eigenvalue weighted by Crippen LogP contribution is -2.17. The maximum atomic E-state index is 13.3. The van der Waals surface area contributed by atoms with Crippen LogP contribution in [0.1, 0.15) is 31.1 Å². The standard InChI is InChI=1S/C28H21F6N5O2/c1-16(2)39-14-22(27(29,30)31)36-25(39)18-11-9-17(10-12-18)15-40-26-20-7-5-13-35-23(20)37-24(38-26)19-6-3-4-8-21(19)41-28(32,33)34/h3-14,16H,15H2,1-2H3. The van der Waals surface area contributed by atoms with E-state index in [1.165, 1.54) is 29.0 Å². The fourth-order valence-electron chi connectivity index (χ4n) is 4.07. The summed E-state index contributed by atoms with van der Waals surface area (Å²) in [4.78, 5) is 16.6. The molecule has 5 rings (SSSR count). The van der Waals surface area contributed by atoms with Gasteiger partial charge in [0.05, 0.1) is 10.9 Å². The molecule has 41 heavy (non-hydrogen) atoms. The Bertz CT molecular complexity index is 1680. The second kappa shape index (κ2) is 10.7. The molecule has 2 aromatic carbocycles. The van der Waals surface area contributed by atoms with E-state index in [0.717, 1.165) is 12.3 Å². The number of pyridine rings is 1. The quantitative estimate of drug-likeness (QED) is 0.186. The molecule has 0 N–H and O–H groups in total. The van der Waals surface area contributed by atoms with Gasteiger partial charge in [0.2, 0.25) is 5.88 Å². The third-order valence-electron chi connectivity index (χ3n) is 5.96. The van der Waals surface area contributed by atoms with Gasteiger partial charge in [-0.05, 0) is 43.7 Å². The van der Waals surface area contributed by atoms with Gasteiger partial charge >= 0.3 is 12.5 Å². The lowest BCUT2D eigenvalue weighted by atomic mass is 10.1. The molecule has 0 bridgehead atoms. The minimum absolute atomic E-state index is 0.00610. The predicted octanol–water partition coefficient (Wildman–Crippen LogP) is 7.63. The van der Waals surface area contributed by atoms with Gasteiger partial charge < -0.3 is 14.0 Å². The normalized spacial score (nSPS) is 12.2. The molecule has 0 fully saturated rings. The van der Waals surface area contributed by atoms with E-state index in [1.807, 2.05) is 0 Å². The number of aromatic nitrogens is 5. The number of para-hydroxylation sites is 1. The van der Waals surface area contributed by atoms with Crippen molar-refractivity contribution in [2.45, 2.75) is 39.0 Å². The van der Waals surface area contributed by atoms with Crippen LogP contribution < -0.4 is 9.47 Å². The van der Waals surface area contributed by atoms with E-state index in [1.54, 1.807) is 50.2 Å². The molecule has 0 saturated carbocycles. The first kappa shape index (κ1) is 27.9. The van der Waals surface area contributed by atoms with Crippen LogP contribution in [0.2, 0.25) is 0 Å². The predicted molar refractivity (Wildman–Crippen MR) is 137 cm³/mol. The van der Waals surface area contributed by atoms with Gasteiger partial charge in [-0.2, -0.15) is 18.2 Å². The molecule has 7 nitrogen and oxygen atoms in total. The summed E-state index contributed by atoms with van der Waals surface area (Å²) in [5, 5.41) is 0.431. The molecule has 0 aliphatic heterocycles. The fourth-order valence-corrected chi connectivity index (χ4v) is 4.07. The molecule has 0 aliphatic carbocycles. The molecule has 212 valence electrons. The van der Waals surface area contributed by atoms with Crippen molar-refractivity contribution >= 4 is 11.0 Å². The van der Waals surface area contributed by atoms with Gasteiger partial charge in [0.25, 0.3) is 0 Å². The summed E-state index contributed by atoms with van der Waals surface area (Å²) in [6.45, 7) is 3.51. The Morgan fingerprint density at radius 1 is 0.854 bits per heavy atom. The summed E-state index contributed by atoms with van der Waals surface area (Å²) in [5.74, 6) is -0.307. The number of fused-ring (bicyclic) bond motifs is 1. The average molecular weight is 573 g/mol. The summed E-state index contributed by atoms with van der Waals surface area (Å²) in [6.07, 6.45) is -7.03. The Kier molecular flexibility index (Phi) is 7.28. The van der Waals surface area contributed by atoms with E-state index in [0.29, 0.717) is 16.5 Å². The first-order valence-electron chi connectivity index (χ1n) is 12.2. The lowest BCUT2D eigenvalue weighted by Gasteiger charge is -2.14. The number of hydrogen-bond donors (Lipinski definition) is 0.